The van der Waals surface area contributed by atoms with Crippen LogP contribution >= 0.6 is 0 Å². The van der Waals surface area contributed by atoms with E-state index < -0.39 is 0 Å². The Bertz CT molecular complexity index is 179. The molecule has 1 unspecified atom stereocenters. The third-order valence-corrected chi connectivity index (χ3v) is 2.61. The minimum absolute atomic E-state index is 0.0266. The molecule has 0 spiro atoms. The number of rotatable bonds is 6. The lowest BCUT2D eigenvalue weighted by Gasteiger charge is -2.21. The summed E-state index contributed by atoms with van der Waals surface area (Å²) in [5.74, 6) is 0.0266. The Morgan fingerprint density at radius 3 is 2.87 bits per heavy atom. The maximum absolute atomic E-state index is 11.5. The second-order valence-electron chi connectivity index (χ2n) is 3.93. The van der Waals surface area contributed by atoms with Gasteiger partial charge in [0, 0.05) is 19.8 Å². The number of hydrogen-bond donors (Lipinski definition) is 2. The van der Waals surface area contributed by atoms with E-state index in [9.17, 15) is 4.79 Å². The smallest absolute Gasteiger partial charge is 0.249 e. The molecule has 1 amide bonds. The van der Waals surface area contributed by atoms with E-state index in [2.05, 4.69) is 5.32 Å². The summed E-state index contributed by atoms with van der Waals surface area (Å²) in [4.78, 5) is 11.5. The number of amides is 1. The molecule has 1 saturated heterocycles. The van der Waals surface area contributed by atoms with Crippen molar-refractivity contribution in [3.8, 4) is 0 Å². The Hall–Kier alpha value is -0.610. The number of carbonyl (C=O) groups excluding carboxylic acids is 1. The topological polar surface area (TPSA) is 58.6 Å². The maximum atomic E-state index is 11.5. The molecule has 2 N–H and O–H groups in total. The van der Waals surface area contributed by atoms with Crippen LogP contribution < -0.4 is 5.32 Å². The lowest BCUT2D eigenvalue weighted by Crippen LogP contribution is -2.38. The third-order valence-electron chi connectivity index (χ3n) is 2.61. The first-order valence-corrected chi connectivity index (χ1v) is 5.85. The summed E-state index contributed by atoms with van der Waals surface area (Å²) in [7, 11) is 0. The van der Waals surface area contributed by atoms with Crippen LogP contribution in [0.1, 0.15) is 38.5 Å². The van der Waals surface area contributed by atoms with Crippen molar-refractivity contribution in [1.29, 1.82) is 0 Å². The van der Waals surface area contributed by atoms with E-state index in [0.29, 0.717) is 13.2 Å². The van der Waals surface area contributed by atoms with E-state index in [0.717, 1.165) is 38.5 Å². The van der Waals surface area contributed by atoms with Crippen LogP contribution in [-0.2, 0) is 9.53 Å². The molecule has 88 valence electrons. The van der Waals surface area contributed by atoms with E-state index in [1.807, 2.05) is 0 Å². The highest BCUT2D eigenvalue weighted by atomic mass is 16.5. The van der Waals surface area contributed by atoms with E-state index in [1.165, 1.54) is 0 Å². The fourth-order valence-electron chi connectivity index (χ4n) is 1.69. The fourth-order valence-corrected chi connectivity index (χ4v) is 1.69. The molecule has 0 aliphatic carbocycles. The number of carbonyl (C=O) groups is 1. The first kappa shape index (κ1) is 12.5. The summed E-state index contributed by atoms with van der Waals surface area (Å²) in [5, 5.41) is 11.4. The van der Waals surface area contributed by atoms with Crippen molar-refractivity contribution in [3.63, 3.8) is 0 Å². The number of unbranched alkanes of at least 4 members (excludes halogenated alkanes) is 2. The summed E-state index contributed by atoms with van der Waals surface area (Å²) in [6.07, 6.45) is 5.49. The molecule has 0 aromatic rings. The van der Waals surface area contributed by atoms with E-state index in [1.54, 1.807) is 0 Å². The maximum Gasteiger partial charge on any atom is 0.249 e. The minimum Gasteiger partial charge on any atom is -0.396 e. The van der Waals surface area contributed by atoms with Gasteiger partial charge < -0.3 is 15.2 Å². The summed E-state index contributed by atoms with van der Waals surface area (Å²) < 4.78 is 5.37. The van der Waals surface area contributed by atoms with Crippen molar-refractivity contribution in [2.75, 3.05) is 19.8 Å². The Labute approximate surface area is 91.0 Å². The van der Waals surface area contributed by atoms with Crippen LogP contribution in [0.3, 0.4) is 0 Å². The zero-order valence-electron chi connectivity index (χ0n) is 9.21. The van der Waals surface area contributed by atoms with Crippen molar-refractivity contribution in [2.24, 2.45) is 0 Å². The molecule has 1 aliphatic heterocycles. The van der Waals surface area contributed by atoms with E-state index in [-0.39, 0.29) is 18.6 Å². The lowest BCUT2D eigenvalue weighted by molar-refractivity contribution is -0.135. The Balaban J connectivity index is 2.02. The molecule has 1 heterocycles. The van der Waals surface area contributed by atoms with Crippen molar-refractivity contribution in [2.45, 2.75) is 44.6 Å². The summed E-state index contributed by atoms with van der Waals surface area (Å²) >= 11 is 0. The van der Waals surface area contributed by atoms with Crippen LogP contribution in [0.5, 0.6) is 0 Å². The largest absolute Gasteiger partial charge is 0.396 e. The van der Waals surface area contributed by atoms with Crippen LogP contribution in [0.15, 0.2) is 0 Å². The molecule has 1 rings (SSSR count). The van der Waals surface area contributed by atoms with Crippen LogP contribution in [-0.4, -0.2) is 36.9 Å². The number of hydrogen-bond acceptors (Lipinski definition) is 3. The molecule has 0 radical (unpaired) electrons. The summed E-state index contributed by atoms with van der Waals surface area (Å²) in [6, 6.07) is 0. The van der Waals surface area contributed by atoms with Gasteiger partial charge >= 0.3 is 0 Å². The molecule has 1 fully saturated rings. The standard InChI is InChI=1S/C11H21NO3/c13-8-4-1-3-7-12-11(14)10-6-2-5-9-15-10/h10,13H,1-9H2,(H,12,14). The second kappa shape index (κ2) is 7.65. The van der Waals surface area contributed by atoms with Crippen molar-refractivity contribution < 1.29 is 14.6 Å². The molecular formula is C11H21NO3. The SMILES string of the molecule is O=C(NCCCCCO)C1CCCCO1. The quantitative estimate of drug-likeness (QED) is 0.645. The highest BCUT2D eigenvalue weighted by Gasteiger charge is 2.20. The lowest BCUT2D eigenvalue weighted by atomic mass is 10.1. The van der Waals surface area contributed by atoms with Gasteiger partial charge in [-0.25, -0.2) is 0 Å². The van der Waals surface area contributed by atoms with E-state index >= 15 is 0 Å². The molecule has 0 aromatic carbocycles. The van der Waals surface area contributed by atoms with Gasteiger partial charge in [-0.15, -0.1) is 0 Å². The Morgan fingerprint density at radius 1 is 1.33 bits per heavy atom. The van der Waals surface area contributed by atoms with Crippen molar-refractivity contribution >= 4 is 5.91 Å². The van der Waals surface area contributed by atoms with Gasteiger partial charge in [-0.05, 0) is 38.5 Å². The van der Waals surface area contributed by atoms with Crippen LogP contribution in [0.2, 0.25) is 0 Å². The van der Waals surface area contributed by atoms with Gasteiger partial charge in [0.15, 0.2) is 0 Å². The summed E-state index contributed by atoms with van der Waals surface area (Å²) in [6.45, 7) is 1.64. The van der Waals surface area contributed by atoms with Gasteiger partial charge in [0.25, 0.3) is 0 Å². The Morgan fingerprint density at radius 2 is 2.20 bits per heavy atom. The molecule has 0 bridgehead atoms. The second-order valence-corrected chi connectivity index (χ2v) is 3.93. The molecule has 4 heteroatoms. The molecule has 1 atom stereocenters. The average molecular weight is 215 g/mol. The molecular weight excluding hydrogens is 194 g/mol. The first-order chi connectivity index (χ1) is 7.34. The van der Waals surface area contributed by atoms with Crippen molar-refractivity contribution in [1.82, 2.24) is 5.32 Å². The van der Waals surface area contributed by atoms with Gasteiger partial charge in [0.2, 0.25) is 5.91 Å². The molecule has 15 heavy (non-hydrogen) atoms. The van der Waals surface area contributed by atoms with Gasteiger partial charge in [-0.2, -0.15) is 0 Å². The van der Waals surface area contributed by atoms with Crippen LogP contribution in [0.25, 0.3) is 0 Å². The molecule has 4 nitrogen and oxygen atoms in total. The predicted molar refractivity (Wildman–Crippen MR) is 57.5 cm³/mol. The minimum atomic E-state index is -0.225. The average Bonchev–Trinajstić information content (AvgIpc) is 2.30. The monoisotopic (exact) mass is 215 g/mol. The number of aliphatic hydroxyl groups excluding tert-OH is 1. The van der Waals surface area contributed by atoms with E-state index in [4.69, 9.17) is 9.84 Å². The molecule has 0 aromatic heterocycles. The summed E-state index contributed by atoms with van der Waals surface area (Å²) in [5.41, 5.74) is 0. The Kier molecular flexibility index (Phi) is 6.36. The third kappa shape index (κ3) is 5.14. The zero-order valence-corrected chi connectivity index (χ0v) is 9.21. The first-order valence-electron chi connectivity index (χ1n) is 5.85. The van der Waals surface area contributed by atoms with Gasteiger partial charge in [-0.1, -0.05) is 0 Å². The fraction of sp³-hybridized carbons (Fsp3) is 0.909. The normalized spacial score (nSPS) is 21.3. The highest BCUT2D eigenvalue weighted by Crippen LogP contribution is 2.12. The highest BCUT2D eigenvalue weighted by molar-refractivity contribution is 5.80. The molecule has 1 aliphatic rings. The van der Waals surface area contributed by atoms with Gasteiger partial charge in [-0.3, -0.25) is 4.79 Å². The number of nitrogens with one attached hydrogen (secondary N) is 1. The van der Waals surface area contributed by atoms with Crippen LogP contribution in [0, 0.1) is 0 Å². The molecule has 0 saturated carbocycles. The zero-order chi connectivity index (χ0) is 10.9. The van der Waals surface area contributed by atoms with Gasteiger partial charge in [0.05, 0.1) is 0 Å². The van der Waals surface area contributed by atoms with Crippen LogP contribution in [0.4, 0.5) is 0 Å². The number of ether oxygens (including phenoxy) is 1. The predicted octanol–water partition coefficient (Wildman–Crippen LogP) is 0.834. The van der Waals surface area contributed by atoms with Gasteiger partial charge in [0.1, 0.15) is 6.10 Å². The number of aliphatic hydroxyl groups is 1. The van der Waals surface area contributed by atoms with Crippen molar-refractivity contribution in [3.05, 3.63) is 0 Å².